The maximum atomic E-state index is 13.2. The normalized spacial score (nSPS) is 12.2. The number of hydrogen-bond acceptors (Lipinski definition) is 3. The molecule has 0 aliphatic rings. The van der Waals surface area contributed by atoms with Crippen molar-refractivity contribution >= 4 is 10.0 Å². The Balaban J connectivity index is 2.53. The zero-order valence-electron chi connectivity index (χ0n) is 15.9. The number of hydrogen-bond donors (Lipinski definition) is 0. The summed E-state index contributed by atoms with van der Waals surface area (Å²) < 4.78 is 29.6. The van der Waals surface area contributed by atoms with Crippen LogP contribution in [-0.4, -0.2) is 29.6 Å². The Morgan fingerprint density at radius 1 is 0.958 bits per heavy atom. The van der Waals surface area contributed by atoms with Crippen molar-refractivity contribution in [2.45, 2.75) is 53.0 Å². The number of nitrogens with zero attached hydrogens (tertiary/aromatic N) is 3. The molecule has 0 N–H and O–H groups in total. The van der Waals surface area contributed by atoms with E-state index in [1.165, 1.54) is 4.31 Å². The van der Waals surface area contributed by atoms with Gasteiger partial charge in [0.2, 0.25) is 10.0 Å². The summed E-state index contributed by atoms with van der Waals surface area (Å²) in [4.78, 5) is 0.437. The predicted octanol–water partition coefficient (Wildman–Crippen LogP) is 3.09. The fraction of sp³-hybridized carbons (Fsp3) is 0.500. The van der Waals surface area contributed by atoms with Gasteiger partial charge in [-0.15, -0.1) is 0 Å². The van der Waals surface area contributed by atoms with Gasteiger partial charge in [-0.25, -0.2) is 8.42 Å². The highest BCUT2D eigenvalue weighted by Gasteiger charge is 2.28. The Hall–Kier alpha value is -1.66. The van der Waals surface area contributed by atoms with Gasteiger partial charge in [0.05, 0.1) is 11.1 Å². The zero-order chi connectivity index (χ0) is 18.4. The first-order valence-corrected chi connectivity index (χ1v) is 9.44. The third-order valence-electron chi connectivity index (χ3n) is 5.33. The molecule has 2 aromatic rings. The van der Waals surface area contributed by atoms with E-state index in [2.05, 4.69) is 5.10 Å². The van der Waals surface area contributed by atoms with Gasteiger partial charge in [0, 0.05) is 31.9 Å². The Morgan fingerprint density at radius 3 is 1.83 bits per heavy atom. The van der Waals surface area contributed by atoms with Crippen molar-refractivity contribution < 1.29 is 8.42 Å². The molecule has 1 aromatic heterocycles. The highest BCUT2D eigenvalue weighted by molar-refractivity contribution is 7.89. The van der Waals surface area contributed by atoms with Crippen molar-refractivity contribution in [2.75, 3.05) is 7.05 Å². The van der Waals surface area contributed by atoms with Crippen LogP contribution in [0.15, 0.2) is 11.1 Å². The lowest BCUT2D eigenvalue weighted by atomic mass is 9.95. The smallest absolute Gasteiger partial charge is 0.243 e. The van der Waals surface area contributed by atoms with Crippen LogP contribution in [-0.2, 0) is 23.6 Å². The van der Waals surface area contributed by atoms with Crippen LogP contribution in [0.1, 0.15) is 39.1 Å². The molecular weight excluding hydrogens is 322 g/mol. The average Bonchev–Trinajstić information content (AvgIpc) is 2.83. The number of rotatable bonds is 4. The van der Waals surface area contributed by atoms with E-state index < -0.39 is 10.0 Å². The molecule has 0 atom stereocenters. The summed E-state index contributed by atoms with van der Waals surface area (Å²) in [7, 11) is -0.0859. The summed E-state index contributed by atoms with van der Waals surface area (Å²) in [6.45, 7) is 12.1. The van der Waals surface area contributed by atoms with E-state index in [1.807, 2.05) is 48.6 Å². The van der Waals surface area contributed by atoms with Crippen LogP contribution in [0.3, 0.4) is 0 Å². The van der Waals surface area contributed by atoms with Crippen molar-refractivity contribution in [1.29, 1.82) is 0 Å². The minimum Gasteiger partial charge on any atom is -0.273 e. The molecule has 24 heavy (non-hydrogen) atoms. The van der Waals surface area contributed by atoms with Crippen LogP contribution >= 0.6 is 0 Å². The predicted molar refractivity (Wildman–Crippen MR) is 96.7 cm³/mol. The van der Waals surface area contributed by atoms with Gasteiger partial charge in [-0.2, -0.15) is 9.40 Å². The van der Waals surface area contributed by atoms with Crippen molar-refractivity contribution in [3.05, 3.63) is 45.3 Å². The van der Waals surface area contributed by atoms with Gasteiger partial charge in [0.1, 0.15) is 0 Å². The van der Waals surface area contributed by atoms with Gasteiger partial charge in [0.25, 0.3) is 0 Å². The molecule has 0 spiro atoms. The maximum Gasteiger partial charge on any atom is 0.243 e. The molecule has 0 fully saturated rings. The van der Waals surface area contributed by atoms with E-state index in [-0.39, 0.29) is 0 Å². The van der Waals surface area contributed by atoms with Gasteiger partial charge >= 0.3 is 0 Å². The van der Waals surface area contributed by atoms with Crippen LogP contribution in [0.4, 0.5) is 0 Å². The van der Waals surface area contributed by atoms with E-state index in [4.69, 9.17) is 0 Å². The molecule has 6 heteroatoms. The van der Waals surface area contributed by atoms with Gasteiger partial charge in [-0.1, -0.05) is 0 Å². The third-order valence-corrected chi connectivity index (χ3v) is 7.41. The summed E-state index contributed by atoms with van der Waals surface area (Å²) in [6, 6.07) is 0. The second-order valence-corrected chi connectivity index (χ2v) is 8.58. The molecule has 0 aliphatic heterocycles. The molecule has 1 heterocycles. The van der Waals surface area contributed by atoms with E-state index >= 15 is 0 Å². The molecule has 0 radical (unpaired) electrons. The van der Waals surface area contributed by atoms with Gasteiger partial charge in [-0.05, 0) is 69.4 Å². The van der Waals surface area contributed by atoms with Gasteiger partial charge in [0.15, 0.2) is 0 Å². The first-order valence-electron chi connectivity index (χ1n) is 8.00. The lowest BCUT2D eigenvalue weighted by molar-refractivity contribution is 0.464. The lowest BCUT2D eigenvalue weighted by Crippen LogP contribution is -2.28. The maximum absolute atomic E-state index is 13.2. The molecule has 132 valence electrons. The summed E-state index contributed by atoms with van der Waals surface area (Å²) in [6.07, 6.45) is 1.73. The Kier molecular flexibility index (Phi) is 4.93. The standard InChI is InChI=1S/C18H27N3O2S/c1-11-12(2)14(4)18(15(5)13(11)3)24(22,23)20(7)10-17-9-19-21(8)16(17)6/h9H,10H2,1-8H3. The average molecular weight is 350 g/mol. The number of benzene rings is 1. The second-order valence-electron chi connectivity index (χ2n) is 6.59. The number of sulfonamides is 1. The van der Waals surface area contributed by atoms with Crippen molar-refractivity contribution in [3.63, 3.8) is 0 Å². The second kappa shape index (κ2) is 6.33. The monoisotopic (exact) mass is 349 g/mol. The zero-order valence-corrected chi connectivity index (χ0v) is 16.7. The topological polar surface area (TPSA) is 55.2 Å². The molecule has 0 unspecified atom stereocenters. The lowest BCUT2D eigenvalue weighted by Gasteiger charge is -2.23. The minimum atomic E-state index is -3.57. The molecule has 0 saturated heterocycles. The summed E-state index contributed by atoms with van der Waals surface area (Å²) in [5, 5.41) is 4.19. The highest BCUT2D eigenvalue weighted by Crippen LogP contribution is 2.31. The third kappa shape index (κ3) is 2.89. The first-order chi connectivity index (χ1) is 11.0. The fourth-order valence-corrected chi connectivity index (χ4v) is 4.73. The molecule has 0 aliphatic carbocycles. The highest BCUT2D eigenvalue weighted by atomic mass is 32.2. The van der Waals surface area contributed by atoms with Gasteiger partial charge < -0.3 is 0 Å². The Bertz CT molecular complexity index is 866. The molecule has 1 aromatic carbocycles. The number of aryl methyl sites for hydroxylation is 1. The number of aromatic nitrogens is 2. The summed E-state index contributed by atoms with van der Waals surface area (Å²) in [5.74, 6) is 0. The summed E-state index contributed by atoms with van der Waals surface area (Å²) in [5.41, 5.74) is 6.82. The Morgan fingerprint density at radius 2 is 1.42 bits per heavy atom. The molecular formula is C18H27N3O2S. The van der Waals surface area contributed by atoms with Gasteiger partial charge in [-0.3, -0.25) is 4.68 Å². The van der Waals surface area contributed by atoms with E-state index in [1.54, 1.807) is 17.9 Å². The van der Waals surface area contributed by atoms with Crippen LogP contribution < -0.4 is 0 Å². The van der Waals surface area contributed by atoms with E-state index in [9.17, 15) is 8.42 Å². The largest absolute Gasteiger partial charge is 0.273 e. The van der Waals surface area contributed by atoms with Crippen molar-refractivity contribution in [2.24, 2.45) is 7.05 Å². The summed E-state index contributed by atoms with van der Waals surface area (Å²) >= 11 is 0. The quantitative estimate of drug-likeness (QED) is 0.852. The molecule has 2 rings (SSSR count). The van der Waals surface area contributed by atoms with Crippen molar-refractivity contribution in [3.8, 4) is 0 Å². The first kappa shape index (κ1) is 18.7. The van der Waals surface area contributed by atoms with E-state index in [0.29, 0.717) is 11.4 Å². The molecule has 5 nitrogen and oxygen atoms in total. The molecule has 0 bridgehead atoms. The molecule has 0 amide bonds. The minimum absolute atomic E-state index is 0.312. The SMILES string of the molecule is Cc1c(C)c(C)c(S(=O)(=O)N(C)Cc2cnn(C)c2C)c(C)c1C. The Labute approximate surface area is 145 Å². The van der Waals surface area contributed by atoms with E-state index in [0.717, 1.165) is 39.1 Å². The fourth-order valence-electron chi connectivity index (χ4n) is 3.03. The van der Waals surface area contributed by atoms with Crippen LogP contribution in [0.5, 0.6) is 0 Å². The van der Waals surface area contributed by atoms with Crippen LogP contribution in [0.25, 0.3) is 0 Å². The van der Waals surface area contributed by atoms with Crippen molar-refractivity contribution in [1.82, 2.24) is 14.1 Å². The van der Waals surface area contributed by atoms with Crippen LogP contribution in [0.2, 0.25) is 0 Å². The molecule has 0 saturated carbocycles. The van der Waals surface area contributed by atoms with Crippen LogP contribution in [0, 0.1) is 41.5 Å².